The first-order valence-corrected chi connectivity index (χ1v) is 5.01. The van der Waals surface area contributed by atoms with Gasteiger partial charge in [0.2, 0.25) is 0 Å². The molecule has 14 heavy (non-hydrogen) atoms. The zero-order valence-electron chi connectivity index (χ0n) is 9.16. The van der Waals surface area contributed by atoms with Crippen molar-refractivity contribution < 1.29 is 15.0 Å². The largest absolute Gasteiger partial charge is 0.481 e. The van der Waals surface area contributed by atoms with E-state index in [1.165, 1.54) is 0 Å². The van der Waals surface area contributed by atoms with Crippen LogP contribution in [0.25, 0.3) is 0 Å². The molecule has 84 valence electrons. The highest BCUT2D eigenvalue weighted by molar-refractivity contribution is 5.70. The highest BCUT2D eigenvalue weighted by Crippen LogP contribution is 2.18. The number of rotatable bonds is 6. The van der Waals surface area contributed by atoms with Crippen LogP contribution >= 0.6 is 0 Å². The van der Waals surface area contributed by atoms with Crippen molar-refractivity contribution in [3.8, 4) is 0 Å². The Labute approximate surface area is 85.1 Å². The summed E-state index contributed by atoms with van der Waals surface area (Å²) in [5.41, 5.74) is 4.96. The van der Waals surface area contributed by atoms with E-state index >= 15 is 0 Å². The third-order valence-electron chi connectivity index (χ3n) is 2.81. The molecule has 3 atom stereocenters. The van der Waals surface area contributed by atoms with Crippen molar-refractivity contribution in [1.29, 1.82) is 0 Å². The van der Waals surface area contributed by atoms with Crippen molar-refractivity contribution in [2.24, 2.45) is 11.7 Å². The van der Waals surface area contributed by atoms with Gasteiger partial charge in [0, 0.05) is 6.04 Å². The molecule has 4 heteroatoms. The fourth-order valence-corrected chi connectivity index (χ4v) is 1.09. The van der Waals surface area contributed by atoms with Gasteiger partial charge >= 0.3 is 5.97 Å². The molecule has 0 aliphatic heterocycles. The summed E-state index contributed by atoms with van der Waals surface area (Å²) in [4.78, 5) is 10.6. The van der Waals surface area contributed by atoms with E-state index < -0.39 is 17.5 Å². The molecule has 2 unspecified atom stereocenters. The van der Waals surface area contributed by atoms with E-state index in [4.69, 9.17) is 10.8 Å². The fourth-order valence-electron chi connectivity index (χ4n) is 1.09. The average molecular weight is 203 g/mol. The molecular formula is C10H21NO3. The minimum absolute atomic E-state index is 0.384. The third kappa shape index (κ3) is 4.58. The molecule has 0 aromatic rings. The predicted octanol–water partition coefficient (Wildman–Crippen LogP) is 0.976. The summed E-state index contributed by atoms with van der Waals surface area (Å²) in [6.07, 6.45) is 1.73. The molecule has 0 bridgehead atoms. The fraction of sp³-hybridized carbons (Fsp3) is 0.900. The van der Waals surface area contributed by atoms with Crippen LogP contribution in [0.2, 0.25) is 0 Å². The zero-order chi connectivity index (χ0) is 11.4. The van der Waals surface area contributed by atoms with Gasteiger partial charge in [-0.2, -0.15) is 0 Å². The minimum atomic E-state index is -0.881. The van der Waals surface area contributed by atoms with Gasteiger partial charge in [-0.1, -0.05) is 13.8 Å². The van der Waals surface area contributed by atoms with Crippen molar-refractivity contribution in [2.45, 2.75) is 51.7 Å². The van der Waals surface area contributed by atoms with E-state index in [0.29, 0.717) is 19.3 Å². The molecule has 4 nitrogen and oxygen atoms in total. The lowest BCUT2D eigenvalue weighted by Gasteiger charge is -2.24. The molecule has 0 spiro atoms. The van der Waals surface area contributed by atoms with E-state index in [9.17, 15) is 9.90 Å². The Balaban J connectivity index is 3.96. The number of carboxylic acid groups (broad SMARTS) is 1. The summed E-state index contributed by atoms with van der Waals surface area (Å²) >= 11 is 0. The van der Waals surface area contributed by atoms with E-state index in [0.717, 1.165) is 0 Å². The maximum absolute atomic E-state index is 10.6. The molecule has 0 aromatic carbocycles. The highest BCUT2D eigenvalue weighted by atomic mass is 16.4. The number of nitrogens with two attached hydrogens (primary N) is 1. The van der Waals surface area contributed by atoms with Gasteiger partial charge in [-0.15, -0.1) is 0 Å². The number of hydrogen-bond acceptors (Lipinski definition) is 3. The van der Waals surface area contributed by atoms with Gasteiger partial charge < -0.3 is 15.9 Å². The van der Waals surface area contributed by atoms with Crippen molar-refractivity contribution in [3.63, 3.8) is 0 Å². The highest BCUT2D eigenvalue weighted by Gasteiger charge is 2.24. The Hall–Kier alpha value is -0.610. The summed E-state index contributed by atoms with van der Waals surface area (Å²) in [6, 6.07) is -0.384. The lowest BCUT2D eigenvalue weighted by molar-refractivity contribution is -0.141. The zero-order valence-corrected chi connectivity index (χ0v) is 9.16. The van der Waals surface area contributed by atoms with Crippen LogP contribution in [0, 0.1) is 5.92 Å². The van der Waals surface area contributed by atoms with Gasteiger partial charge in [0.25, 0.3) is 0 Å². The predicted molar refractivity (Wildman–Crippen MR) is 54.9 cm³/mol. The van der Waals surface area contributed by atoms with Crippen LogP contribution in [0.4, 0.5) is 0 Å². The number of aliphatic hydroxyl groups is 1. The smallest absolute Gasteiger partial charge is 0.307 e. The summed E-state index contributed by atoms with van der Waals surface area (Å²) < 4.78 is 0. The van der Waals surface area contributed by atoms with E-state index in [2.05, 4.69) is 0 Å². The number of carbonyl (C=O) groups is 1. The number of hydrogen-bond donors (Lipinski definition) is 3. The van der Waals surface area contributed by atoms with Crippen LogP contribution in [0.3, 0.4) is 0 Å². The minimum Gasteiger partial charge on any atom is -0.481 e. The van der Waals surface area contributed by atoms with E-state index in [-0.39, 0.29) is 6.04 Å². The number of carboxylic acids is 1. The topological polar surface area (TPSA) is 83.5 Å². The molecule has 0 aromatic heterocycles. The second-order valence-electron chi connectivity index (χ2n) is 4.18. The first-order chi connectivity index (χ1) is 6.30. The summed E-state index contributed by atoms with van der Waals surface area (Å²) in [5.74, 6) is -1.43. The average Bonchev–Trinajstić information content (AvgIpc) is 2.13. The lowest BCUT2D eigenvalue weighted by atomic mass is 9.90. The van der Waals surface area contributed by atoms with Gasteiger partial charge in [0.15, 0.2) is 0 Å². The van der Waals surface area contributed by atoms with E-state index in [1.807, 2.05) is 6.92 Å². The van der Waals surface area contributed by atoms with Crippen molar-refractivity contribution >= 4 is 5.97 Å². The first-order valence-electron chi connectivity index (χ1n) is 5.01. The molecule has 0 heterocycles. The summed E-state index contributed by atoms with van der Waals surface area (Å²) in [5, 5.41) is 18.4. The van der Waals surface area contributed by atoms with Crippen LogP contribution in [0.15, 0.2) is 0 Å². The lowest BCUT2D eigenvalue weighted by Crippen LogP contribution is -2.36. The van der Waals surface area contributed by atoms with Crippen molar-refractivity contribution in [2.75, 3.05) is 0 Å². The summed E-state index contributed by atoms with van der Waals surface area (Å²) in [6.45, 7) is 5.23. The molecule has 0 saturated carbocycles. The normalized spacial score (nSPS) is 19.8. The standard InChI is InChI=1S/C10H21NO3/c1-4-10(3,14)6-5-8(11)7(2)9(12)13/h7-8,14H,4-6,11H2,1-3H3,(H,12,13)/t7?,8-,10?/m0/s1. The third-order valence-corrected chi connectivity index (χ3v) is 2.81. The molecular weight excluding hydrogens is 182 g/mol. The van der Waals surface area contributed by atoms with Crippen LogP contribution < -0.4 is 5.73 Å². The van der Waals surface area contributed by atoms with Crippen molar-refractivity contribution in [3.05, 3.63) is 0 Å². The SMILES string of the molecule is CCC(C)(O)CC[C@H](N)C(C)C(=O)O. The Morgan fingerprint density at radius 3 is 2.43 bits per heavy atom. The Morgan fingerprint density at radius 1 is 1.57 bits per heavy atom. The molecule has 0 aliphatic rings. The number of aliphatic carboxylic acids is 1. The monoisotopic (exact) mass is 203 g/mol. The van der Waals surface area contributed by atoms with Crippen LogP contribution in [-0.4, -0.2) is 27.8 Å². The molecule has 0 saturated heterocycles. The summed E-state index contributed by atoms with van der Waals surface area (Å²) in [7, 11) is 0. The molecule has 0 aliphatic carbocycles. The van der Waals surface area contributed by atoms with Gasteiger partial charge in [-0.3, -0.25) is 4.79 Å². The van der Waals surface area contributed by atoms with Gasteiger partial charge in [-0.25, -0.2) is 0 Å². The van der Waals surface area contributed by atoms with E-state index in [1.54, 1.807) is 13.8 Å². The van der Waals surface area contributed by atoms with Gasteiger partial charge in [-0.05, 0) is 26.2 Å². The second-order valence-corrected chi connectivity index (χ2v) is 4.18. The maximum atomic E-state index is 10.6. The first kappa shape index (κ1) is 13.4. The van der Waals surface area contributed by atoms with Gasteiger partial charge in [0.1, 0.15) is 0 Å². The Bertz CT molecular complexity index is 192. The molecule has 0 fully saturated rings. The second kappa shape index (κ2) is 5.32. The molecule has 4 N–H and O–H groups in total. The maximum Gasteiger partial charge on any atom is 0.307 e. The van der Waals surface area contributed by atoms with Crippen LogP contribution in [0.5, 0.6) is 0 Å². The Morgan fingerprint density at radius 2 is 2.07 bits per heavy atom. The van der Waals surface area contributed by atoms with Crippen molar-refractivity contribution in [1.82, 2.24) is 0 Å². The Kier molecular flexibility index (Phi) is 5.08. The van der Waals surface area contributed by atoms with Crippen LogP contribution in [0.1, 0.15) is 40.0 Å². The van der Waals surface area contributed by atoms with Gasteiger partial charge in [0.05, 0.1) is 11.5 Å². The molecule has 0 amide bonds. The van der Waals surface area contributed by atoms with Crippen LogP contribution in [-0.2, 0) is 4.79 Å². The quantitative estimate of drug-likeness (QED) is 0.600. The molecule has 0 radical (unpaired) electrons. The molecule has 0 rings (SSSR count).